The lowest BCUT2D eigenvalue weighted by Gasteiger charge is -2.33. The van der Waals surface area contributed by atoms with Crippen LogP contribution in [0.3, 0.4) is 0 Å². The SMILES string of the molecule is O=C([C@H]1C[C@H](Nc2nc(-c3ccccc3O)nc3ccccc23)CN1)N1CCC1. The van der Waals surface area contributed by atoms with Gasteiger partial charge in [0.25, 0.3) is 0 Å². The number of carbonyl (C=O) groups is 1. The van der Waals surface area contributed by atoms with Gasteiger partial charge in [-0.2, -0.15) is 0 Å². The minimum atomic E-state index is -0.140. The van der Waals surface area contributed by atoms with E-state index in [0.717, 1.165) is 42.7 Å². The van der Waals surface area contributed by atoms with Crippen LogP contribution in [0.2, 0.25) is 0 Å². The lowest BCUT2D eigenvalue weighted by atomic mass is 10.1. The molecule has 2 aromatic carbocycles. The molecule has 0 radical (unpaired) electrons. The van der Waals surface area contributed by atoms with Crippen molar-refractivity contribution in [1.29, 1.82) is 0 Å². The van der Waals surface area contributed by atoms with Crippen molar-refractivity contribution in [1.82, 2.24) is 20.2 Å². The summed E-state index contributed by atoms with van der Waals surface area (Å²) in [5, 5.41) is 18.0. The Kier molecular flexibility index (Phi) is 4.52. The number of aromatic hydroxyl groups is 1. The first-order chi connectivity index (χ1) is 14.2. The van der Waals surface area contributed by atoms with Gasteiger partial charge in [-0.15, -0.1) is 0 Å². The number of hydrogen-bond donors (Lipinski definition) is 3. The summed E-state index contributed by atoms with van der Waals surface area (Å²) in [6.07, 6.45) is 1.82. The number of anilines is 1. The summed E-state index contributed by atoms with van der Waals surface area (Å²) in [7, 11) is 0. The largest absolute Gasteiger partial charge is 0.507 e. The molecule has 148 valence electrons. The molecule has 2 aliphatic rings. The molecule has 2 aliphatic heterocycles. The Morgan fingerprint density at radius 1 is 1.10 bits per heavy atom. The van der Waals surface area contributed by atoms with Crippen molar-refractivity contribution < 1.29 is 9.90 Å². The average molecular weight is 389 g/mol. The monoisotopic (exact) mass is 389 g/mol. The van der Waals surface area contributed by atoms with Gasteiger partial charge in [0.15, 0.2) is 5.82 Å². The molecule has 29 heavy (non-hydrogen) atoms. The highest BCUT2D eigenvalue weighted by molar-refractivity contribution is 5.91. The number of amides is 1. The van der Waals surface area contributed by atoms with Crippen molar-refractivity contribution in [3.05, 3.63) is 48.5 Å². The van der Waals surface area contributed by atoms with Gasteiger partial charge in [-0.1, -0.05) is 24.3 Å². The van der Waals surface area contributed by atoms with Crippen LogP contribution >= 0.6 is 0 Å². The van der Waals surface area contributed by atoms with Crippen molar-refractivity contribution in [3.8, 4) is 17.1 Å². The topological polar surface area (TPSA) is 90.4 Å². The molecule has 0 unspecified atom stereocenters. The molecule has 2 fully saturated rings. The molecule has 3 aromatic rings. The van der Waals surface area contributed by atoms with Crippen LogP contribution < -0.4 is 10.6 Å². The van der Waals surface area contributed by atoms with E-state index in [0.29, 0.717) is 17.9 Å². The molecular weight excluding hydrogens is 366 g/mol. The third-order valence-electron chi connectivity index (χ3n) is 5.69. The number of fused-ring (bicyclic) bond motifs is 1. The fraction of sp³-hybridized carbons (Fsp3) is 0.318. The number of likely N-dealkylation sites (tertiary alicyclic amines) is 1. The molecule has 7 nitrogen and oxygen atoms in total. The van der Waals surface area contributed by atoms with Crippen molar-refractivity contribution in [2.75, 3.05) is 25.0 Å². The lowest BCUT2D eigenvalue weighted by molar-refractivity contribution is -0.136. The third-order valence-corrected chi connectivity index (χ3v) is 5.69. The van der Waals surface area contributed by atoms with Gasteiger partial charge in [0.1, 0.15) is 11.6 Å². The highest BCUT2D eigenvalue weighted by Crippen LogP contribution is 2.30. The van der Waals surface area contributed by atoms with Gasteiger partial charge in [-0.05, 0) is 37.1 Å². The predicted molar refractivity (Wildman–Crippen MR) is 112 cm³/mol. The lowest BCUT2D eigenvalue weighted by Crippen LogP contribution is -2.49. The Balaban J connectivity index is 1.43. The molecule has 7 heteroatoms. The van der Waals surface area contributed by atoms with E-state index in [1.54, 1.807) is 12.1 Å². The number of benzene rings is 2. The smallest absolute Gasteiger partial charge is 0.239 e. The second kappa shape index (κ2) is 7.33. The van der Waals surface area contributed by atoms with E-state index in [1.807, 2.05) is 41.3 Å². The van der Waals surface area contributed by atoms with Gasteiger partial charge in [0.05, 0.1) is 17.1 Å². The maximum Gasteiger partial charge on any atom is 0.239 e. The number of nitrogens with one attached hydrogen (secondary N) is 2. The van der Waals surface area contributed by atoms with Gasteiger partial charge < -0.3 is 20.6 Å². The van der Waals surface area contributed by atoms with E-state index >= 15 is 0 Å². The van der Waals surface area contributed by atoms with Crippen molar-refractivity contribution in [3.63, 3.8) is 0 Å². The van der Waals surface area contributed by atoms with E-state index in [9.17, 15) is 9.90 Å². The summed E-state index contributed by atoms with van der Waals surface area (Å²) >= 11 is 0. The summed E-state index contributed by atoms with van der Waals surface area (Å²) in [5.74, 6) is 1.54. The number of carbonyl (C=O) groups excluding carboxylic acids is 1. The maximum absolute atomic E-state index is 12.5. The van der Waals surface area contributed by atoms with Gasteiger partial charge in [0.2, 0.25) is 5.91 Å². The van der Waals surface area contributed by atoms with E-state index in [2.05, 4.69) is 15.6 Å². The minimum absolute atomic E-state index is 0.0979. The van der Waals surface area contributed by atoms with Gasteiger partial charge in [0, 0.05) is 31.1 Å². The first-order valence-corrected chi connectivity index (χ1v) is 10.0. The first-order valence-electron chi connectivity index (χ1n) is 10.0. The summed E-state index contributed by atoms with van der Waals surface area (Å²) < 4.78 is 0. The van der Waals surface area contributed by atoms with Crippen LogP contribution in [-0.4, -0.2) is 57.6 Å². The highest BCUT2D eigenvalue weighted by Gasteiger charge is 2.34. The second-order valence-corrected chi connectivity index (χ2v) is 7.65. The zero-order valence-electron chi connectivity index (χ0n) is 16.0. The summed E-state index contributed by atoms with van der Waals surface area (Å²) in [6.45, 7) is 2.44. The van der Waals surface area contributed by atoms with Crippen LogP contribution in [0, 0.1) is 0 Å². The quantitative estimate of drug-likeness (QED) is 0.635. The second-order valence-electron chi connectivity index (χ2n) is 7.65. The Labute approximate surface area is 168 Å². The normalized spacial score (nSPS) is 21.2. The highest BCUT2D eigenvalue weighted by atomic mass is 16.3. The molecule has 3 N–H and O–H groups in total. The van der Waals surface area contributed by atoms with Crippen LogP contribution in [0.1, 0.15) is 12.8 Å². The fourth-order valence-electron chi connectivity index (χ4n) is 3.95. The number of nitrogens with zero attached hydrogens (tertiary/aromatic N) is 3. The number of aromatic nitrogens is 2. The first kappa shape index (κ1) is 17.9. The molecule has 0 spiro atoms. The van der Waals surface area contributed by atoms with Crippen LogP contribution in [0.4, 0.5) is 5.82 Å². The molecule has 1 amide bonds. The van der Waals surface area contributed by atoms with Crippen LogP contribution in [0.5, 0.6) is 5.75 Å². The molecule has 0 aliphatic carbocycles. The molecule has 3 heterocycles. The van der Waals surface area contributed by atoms with Gasteiger partial charge in [-0.25, -0.2) is 9.97 Å². The standard InChI is InChI=1S/C22H23N5O2/c28-19-9-4-2-7-16(19)21-25-17-8-3-1-6-15(17)20(26-21)24-14-12-18(23-13-14)22(29)27-10-5-11-27/h1-4,6-9,14,18,23,28H,5,10-13H2,(H,24,25,26)/t14-,18+/m0/s1. The van der Waals surface area contributed by atoms with E-state index in [4.69, 9.17) is 4.98 Å². The molecule has 5 rings (SSSR count). The Morgan fingerprint density at radius 2 is 1.90 bits per heavy atom. The summed E-state index contributed by atoms with van der Waals surface area (Å²) in [6, 6.07) is 14.8. The van der Waals surface area contributed by atoms with Crippen LogP contribution in [0.15, 0.2) is 48.5 Å². The van der Waals surface area contributed by atoms with E-state index in [1.165, 1.54) is 0 Å². The molecule has 2 atom stereocenters. The predicted octanol–water partition coefficient (Wildman–Crippen LogP) is 2.38. The summed E-state index contributed by atoms with van der Waals surface area (Å²) in [5.41, 5.74) is 1.40. The summed E-state index contributed by atoms with van der Waals surface area (Å²) in [4.78, 5) is 23.8. The number of rotatable bonds is 4. The van der Waals surface area contributed by atoms with Crippen molar-refractivity contribution in [2.45, 2.75) is 24.9 Å². The molecule has 0 bridgehead atoms. The fourth-order valence-corrected chi connectivity index (χ4v) is 3.95. The number of phenolic OH excluding ortho intramolecular Hbond substituents is 1. The van der Waals surface area contributed by atoms with Gasteiger partial charge >= 0.3 is 0 Å². The average Bonchev–Trinajstić information content (AvgIpc) is 3.15. The molecule has 0 saturated carbocycles. The number of phenols is 1. The van der Waals surface area contributed by atoms with Gasteiger partial charge in [-0.3, -0.25) is 4.79 Å². The number of para-hydroxylation sites is 2. The minimum Gasteiger partial charge on any atom is -0.507 e. The van der Waals surface area contributed by atoms with E-state index < -0.39 is 0 Å². The Morgan fingerprint density at radius 3 is 2.69 bits per heavy atom. The molecule has 2 saturated heterocycles. The van der Waals surface area contributed by atoms with Crippen molar-refractivity contribution >= 4 is 22.6 Å². The Bertz CT molecular complexity index is 1070. The van der Waals surface area contributed by atoms with Crippen molar-refractivity contribution in [2.24, 2.45) is 0 Å². The Hall–Kier alpha value is -3.19. The molecular formula is C22H23N5O2. The zero-order valence-corrected chi connectivity index (χ0v) is 16.0. The zero-order chi connectivity index (χ0) is 19.8. The van der Waals surface area contributed by atoms with Crippen LogP contribution in [-0.2, 0) is 4.79 Å². The van der Waals surface area contributed by atoms with Crippen LogP contribution in [0.25, 0.3) is 22.3 Å². The maximum atomic E-state index is 12.5. The number of hydrogen-bond acceptors (Lipinski definition) is 6. The third kappa shape index (κ3) is 3.38. The van der Waals surface area contributed by atoms with E-state index in [-0.39, 0.29) is 23.7 Å². The molecule has 1 aromatic heterocycles.